The zero-order chi connectivity index (χ0) is 15.7. The van der Waals surface area contributed by atoms with Crippen molar-refractivity contribution in [3.8, 4) is 0 Å². The van der Waals surface area contributed by atoms with E-state index in [-0.39, 0.29) is 36.0 Å². The average molecular weight is 324 g/mol. The van der Waals surface area contributed by atoms with Gasteiger partial charge in [0.25, 0.3) is 0 Å². The summed E-state index contributed by atoms with van der Waals surface area (Å²) in [7, 11) is -3.04. The van der Waals surface area contributed by atoms with Crippen LogP contribution in [0.5, 0.6) is 0 Å². The molecule has 2 fully saturated rings. The first-order valence-corrected chi connectivity index (χ1v) is 9.71. The van der Waals surface area contributed by atoms with E-state index in [0.717, 1.165) is 12.8 Å². The highest BCUT2D eigenvalue weighted by Crippen LogP contribution is 2.41. The Morgan fingerprint density at radius 1 is 1.14 bits per heavy atom. The van der Waals surface area contributed by atoms with Crippen molar-refractivity contribution in [1.29, 1.82) is 0 Å². The van der Waals surface area contributed by atoms with Gasteiger partial charge in [0.05, 0.1) is 5.25 Å². The quantitative estimate of drug-likeness (QED) is 0.614. The summed E-state index contributed by atoms with van der Waals surface area (Å²) < 4.78 is 50.1. The Labute approximate surface area is 125 Å². The molecule has 2 aliphatic carbocycles. The van der Waals surface area contributed by atoms with Crippen molar-refractivity contribution in [3.05, 3.63) is 0 Å². The van der Waals surface area contributed by atoms with E-state index in [4.69, 9.17) is 5.84 Å². The van der Waals surface area contributed by atoms with Crippen LogP contribution in [0.4, 0.5) is 8.78 Å². The number of halogens is 2. The third-order valence-corrected chi connectivity index (χ3v) is 6.88. The minimum absolute atomic E-state index is 0.0503. The lowest BCUT2D eigenvalue weighted by Gasteiger charge is -2.40. The molecule has 21 heavy (non-hydrogen) atoms. The van der Waals surface area contributed by atoms with Gasteiger partial charge in [-0.25, -0.2) is 17.2 Å². The Balaban J connectivity index is 2.01. The van der Waals surface area contributed by atoms with Gasteiger partial charge in [0.1, 0.15) is 9.84 Å². The molecule has 3 N–H and O–H groups in total. The Morgan fingerprint density at radius 3 is 2.29 bits per heavy atom. The Morgan fingerprint density at radius 2 is 1.76 bits per heavy atom. The number of hydrogen-bond acceptors (Lipinski definition) is 4. The van der Waals surface area contributed by atoms with Crippen molar-refractivity contribution in [1.82, 2.24) is 5.43 Å². The first-order chi connectivity index (χ1) is 9.73. The lowest BCUT2D eigenvalue weighted by molar-refractivity contribution is -0.0528. The summed E-state index contributed by atoms with van der Waals surface area (Å²) in [5, 5.41) is -0.308. The maximum Gasteiger partial charge on any atom is 0.248 e. The van der Waals surface area contributed by atoms with Crippen LogP contribution in [0.2, 0.25) is 0 Å². The molecular weight excluding hydrogens is 298 g/mol. The SMILES string of the molecule is CS(=O)(=O)C1CCCC(C(NN)C2CCC(F)(F)CC2)C1. The third kappa shape index (κ3) is 4.36. The molecule has 0 amide bonds. The van der Waals surface area contributed by atoms with Crippen LogP contribution >= 0.6 is 0 Å². The number of nitrogens with two attached hydrogens (primary N) is 1. The fourth-order valence-electron chi connectivity index (χ4n) is 3.97. The monoisotopic (exact) mass is 324 g/mol. The van der Waals surface area contributed by atoms with Crippen molar-refractivity contribution >= 4 is 9.84 Å². The molecule has 2 saturated carbocycles. The van der Waals surface area contributed by atoms with Crippen LogP contribution in [-0.2, 0) is 9.84 Å². The maximum absolute atomic E-state index is 13.3. The highest BCUT2D eigenvalue weighted by Gasteiger charge is 2.41. The molecule has 0 bridgehead atoms. The molecule has 0 aliphatic heterocycles. The minimum atomic E-state index is -3.04. The van der Waals surface area contributed by atoms with Crippen LogP contribution in [0.25, 0.3) is 0 Å². The van der Waals surface area contributed by atoms with Gasteiger partial charge in [0.2, 0.25) is 5.92 Å². The Kier molecular flexibility index (Phi) is 5.26. The van der Waals surface area contributed by atoms with Gasteiger partial charge in [0, 0.05) is 25.1 Å². The highest BCUT2D eigenvalue weighted by molar-refractivity contribution is 7.91. The topological polar surface area (TPSA) is 72.2 Å². The van der Waals surface area contributed by atoms with E-state index in [1.165, 1.54) is 6.26 Å². The molecule has 2 aliphatic rings. The van der Waals surface area contributed by atoms with Crippen LogP contribution in [-0.4, -0.2) is 31.9 Å². The summed E-state index contributed by atoms with van der Waals surface area (Å²) in [5.74, 6) is 3.42. The van der Waals surface area contributed by atoms with E-state index in [0.29, 0.717) is 25.7 Å². The van der Waals surface area contributed by atoms with E-state index in [1.807, 2.05) is 0 Å². The summed E-state index contributed by atoms with van der Waals surface area (Å²) in [6, 6.07) is -0.0503. The molecule has 2 rings (SSSR count). The molecule has 7 heteroatoms. The smallest absolute Gasteiger partial charge is 0.248 e. The number of nitrogens with one attached hydrogen (secondary N) is 1. The van der Waals surface area contributed by atoms with Crippen LogP contribution in [0.15, 0.2) is 0 Å². The normalized spacial score (nSPS) is 32.8. The summed E-state index contributed by atoms with van der Waals surface area (Å²) in [4.78, 5) is 0. The molecule has 0 radical (unpaired) electrons. The first kappa shape index (κ1) is 17.1. The van der Waals surface area contributed by atoms with Gasteiger partial charge in [0.15, 0.2) is 0 Å². The number of hydrogen-bond donors (Lipinski definition) is 2. The summed E-state index contributed by atoms with van der Waals surface area (Å²) in [6.45, 7) is 0. The van der Waals surface area contributed by atoms with E-state index >= 15 is 0 Å². The number of sulfone groups is 1. The predicted octanol–water partition coefficient (Wildman–Crippen LogP) is 2.25. The van der Waals surface area contributed by atoms with Crippen LogP contribution in [0.1, 0.15) is 51.4 Å². The summed E-state index contributed by atoms with van der Waals surface area (Å²) >= 11 is 0. The average Bonchev–Trinajstić information content (AvgIpc) is 2.41. The van der Waals surface area contributed by atoms with E-state index in [1.54, 1.807) is 0 Å². The van der Waals surface area contributed by atoms with E-state index < -0.39 is 15.8 Å². The molecule has 0 aromatic heterocycles. The summed E-state index contributed by atoms with van der Waals surface area (Å²) in [5.41, 5.74) is 2.80. The predicted molar refractivity (Wildman–Crippen MR) is 78.6 cm³/mol. The lowest BCUT2D eigenvalue weighted by Crippen LogP contribution is -2.50. The van der Waals surface area contributed by atoms with Gasteiger partial charge in [-0.3, -0.25) is 11.3 Å². The van der Waals surface area contributed by atoms with Gasteiger partial charge in [-0.15, -0.1) is 0 Å². The standard InChI is InChI=1S/C14H26F2N2O2S/c1-21(19,20)12-4-2-3-11(9-12)13(18-17)10-5-7-14(15,16)8-6-10/h10-13,18H,2-9,17H2,1H3. The van der Waals surface area contributed by atoms with Crippen molar-refractivity contribution in [3.63, 3.8) is 0 Å². The van der Waals surface area contributed by atoms with Gasteiger partial charge in [-0.2, -0.15) is 0 Å². The maximum atomic E-state index is 13.3. The lowest BCUT2D eigenvalue weighted by atomic mass is 9.73. The van der Waals surface area contributed by atoms with Gasteiger partial charge >= 0.3 is 0 Å². The van der Waals surface area contributed by atoms with Crippen molar-refractivity contribution in [2.75, 3.05) is 6.26 Å². The van der Waals surface area contributed by atoms with Crippen molar-refractivity contribution in [2.24, 2.45) is 17.7 Å². The number of alkyl halides is 2. The second-order valence-corrected chi connectivity index (χ2v) is 9.09. The molecule has 0 saturated heterocycles. The van der Waals surface area contributed by atoms with Gasteiger partial charge in [-0.1, -0.05) is 6.42 Å². The molecule has 0 spiro atoms. The molecule has 4 nitrogen and oxygen atoms in total. The van der Waals surface area contributed by atoms with Crippen LogP contribution < -0.4 is 11.3 Å². The minimum Gasteiger partial charge on any atom is -0.271 e. The second kappa shape index (κ2) is 6.46. The molecule has 3 unspecified atom stereocenters. The van der Waals surface area contributed by atoms with Crippen molar-refractivity contribution in [2.45, 2.75) is 68.6 Å². The zero-order valence-electron chi connectivity index (χ0n) is 12.5. The zero-order valence-corrected chi connectivity index (χ0v) is 13.3. The molecular formula is C14H26F2N2O2S. The van der Waals surface area contributed by atoms with Gasteiger partial charge in [-0.05, 0) is 43.9 Å². The van der Waals surface area contributed by atoms with Gasteiger partial charge < -0.3 is 0 Å². The fourth-order valence-corrected chi connectivity index (χ4v) is 5.17. The second-order valence-electron chi connectivity index (χ2n) is 6.76. The third-order valence-electron chi connectivity index (χ3n) is 5.24. The fraction of sp³-hybridized carbons (Fsp3) is 1.00. The molecule has 124 valence electrons. The Hall–Kier alpha value is -0.270. The van der Waals surface area contributed by atoms with E-state index in [2.05, 4.69) is 5.43 Å². The first-order valence-electron chi connectivity index (χ1n) is 7.76. The van der Waals surface area contributed by atoms with Crippen LogP contribution in [0, 0.1) is 11.8 Å². The summed E-state index contributed by atoms with van der Waals surface area (Å²) in [6.07, 6.45) is 5.12. The number of hydrazine groups is 1. The van der Waals surface area contributed by atoms with E-state index in [9.17, 15) is 17.2 Å². The molecule has 0 aromatic carbocycles. The molecule has 3 atom stereocenters. The molecule has 0 aromatic rings. The Bertz CT molecular complexity index is 446. The largest absolute Gasteiger partial charge is 0.271 e. The van der Waals surface area contributed by atoms with Crippen LogP contribution in [0.3, 0.4) is 0 Å². The highest BCUT2D eigenvalue weighted by atomic mass is 32.2. The number of rotatable bonds is 4. The molecule has 0 heterocycles. The van der Waals surface area contributed by atoms with Crippen molar-refractivity contribution < 1.29 is 17.2 Å².